The first-order valence-electron chi connectivity index (χ1n) is 5.41. The van der Waals surface area contributed by atoms with Crippen molar-refractivity contribution in [2.75, 3.05) is 13.1 Å². The van der Waals surface area contributed by atoms with Crippen LogP contribution < -0.4 is 0 Å². The molecule has 1 aliphatic rings. The highest BCUT2D eigenvalue weighted by Gasteiger charge is 2.20. The van der Waals surface area contributed by atoms with Gasteiger partial charge < -0.3 is 4.90 Å². The molecule has 0 aliphatic carbocycles. The molecule has 1 heterocycles. The van der Waals surface area contributed by atoms with Crippen LogP contribution in [0.5, 0.6) is 0 Å². The van der Waals surface area contributed by atoms with E-state index in [0.29, 0.717) is 6.04 Å². The summed E-state index contributed by atoms with van der Waals surface area (Å²) in [5, 5.41) is 0. The van der Waals surface area contributed by atoms with E-state index < -0.39 is 0 Å². The number of hydrogen-bond acceptors (Lipinski definition) is 1. The number of likely N-dealkylation sites (tertiary alicyclic amines) is 1. The van der Waals surface area contributed by atoms with E-state index in [1.807, 2.05) is 0 Å². The third-order valence-electron chi connectivity index (χ3n) is 2.98. The molecule has 1 saturated heterocycles. The van der Waals surface area contributed by atoms with Crippen molar-refractivity contribution in [3.8, 4) is 12.3 Å². The van der Waals surface area contributed by atoms with E-state index in [-0.39, 0.29) is 0 Å². The molecule has 0 aromatic rings. The minimum atomic E-state index is 0.702. The van der Waals surface area contributed by atoms with E-state index in [2.05, 4.69) is 24.7 Å². The van der Waals surface area contributed by atoms with Gasteiger partial charge in [-0.05, 0) is 45.6 Å². The van der Waals surface area contributed by atoms with Crippen molar-refractivity contribution in [3.05, 3.63) is 0 Å². The average molecular weight is 179 g/mol. The van der Waals surface area contributed by atoms with Gasteiger partial charge in [0.25, 0.3) is 0 Å². The molecule has 0 aromatic heterocycles. The van der Waals surface area contributed by atoms with Gasteiger partial charge in [0.05, 0.1) is 0 Å². The quantitative estimate of drug-likeness (QED) is 0.602. The Kier molecular flexibility index (Phi) is 4.32. The van der Waals surface area contributed by atoms with Gasteiger partial charge in [-0.25, -0.2) is 0 Å². The molecule has 0 spiro atoms. The van der Waals surface area contributed by atoms with Crippen LogP contribution in [0.4, 0.5) is 0 Å². The van der Waals surface area contributed by atoms with E-state index in [4.69, 9.17) is 6.42 Å². The molecular formula is C12H21N. The van der Waals surface area contributed by atoms with Gasteiger partial charge in [-0.1, -0.05) is 0 Å². The van der Waals surface area contributed by atoms with E-state index in [9.17, 15) is 0 Å². The SMILES string of the molecule is C#CCCC1CCCN(C(C)C)C1. The summed E-state index contributed by atoms with van der Waals surface area (Å²) in [5.74, 6) is 3.59. The van der Waals surface area contributed by atoms with Crippen molar-refractivity contribution >= 4 is 0 Å². The summed E-state index contributed by atoms with van der Waals surface area (Å²) in [7, 11) is 0. The lowest BCUT2D eigenvalue weighted by Crippen LogP contribution is -2.39. The third-order valence-corrected chi connectivity index (χ3v) is 2.98. The van der Waals surface area contributed by atoms with Gasteiger partial charge in [-0.2, -0.15) is 0 Å². The molecule has 0 amide bonds. The zero-order chi connectivity index (χ0) is 9.68. The Morgan fingerprint density at radius 2 is 2.31 bits per heavy atom. The van der Waals surface area contributed by atoms with Crippen LogP contribution in [0, 0.1) is 18.3 Å². The monoisotopic (exact) mass is 179 g/mol. The highest BCUT2D eigenvalue weighted by Crippen LogP contribution is 2.21. The molecule has 74 valence electrons. The lowest BCUT2D eigenvalue weighted by atomic mass is 9.93. The van der Waals surface area contributed by atoms with Crippen molar-refractivity contribution in [1.82, 2.24) is 4.90 Å². The maximum atomic E-state index is 5.28. The van der Waals surface area contributed by atoms with Crippen LogP contribution in [-0.4, -0.2) is 24.0 Å². The van der Waals surface area contributed by atoms with Crippen LogP contribution in [0.2, 0.25) is 0 Å². The second-order valence-electron chi connectivity index (χ2n) is 4.34. The summed E-state index contributed by atoms with van der Waals surface area (Å²) in [5.41, 5.74) is 0. The lowest BCUT2D eigenvalue weighted by molar-refractivity contribution is 0.136. The van der Waals surface area contributed by atoms with Gasteiger partial charge in [0.15, 0.2) is 0 Å². The Morgan fingerprint density at radius 3 is 2.92 bits per heavy atom. The van der Waals surface area contributed by atoms with E-state index in [0.717, 1.165) is 12.3 Å². The van der Waals surface area contributed by atoms with Crippen LogP contribution in [0.25, 0.3) is 0 Å². The number of rotatable bonds is 3. The van der Waals surface area contributed by atoms with E-state index in [1.165, 1.54) is 32.4 Å². The first kappa shape index (κ1) is 10.6. The molecule has 1 unspecified atom stereocenters. The standard InChI is InChI=1S/C12H21N/c1-4-5-7-12-8-6-9-13(10-12)11(2)3/h1,11-12H,5-10H2,2-3H3. The van der Waals surface area contributed by atoms with Crippen LogP contribution in [0.3, 0.4) is 0 Å². The molecule has 13 heavy (non-hydrogen) atoms. The van der Waals surface area contributed by atoms with Gasteiger partial charge in [0.2, 0.25) is 0 Å². The highest BCUT2D eigenvalue weighted by atomic mass is 15.1. The van der Waals surface area contributed by atoms with Crippen LogP contribution >= 0.6 is 0 Å². The van der Waals surface area contributed by atoms with Crippen LogP contribution in [0.1, 0.15) is 39.5 Å². The molecule has 0 aromatic carbocycles. The largest absolute Gasteiger partial charge is 0.301 e. The highest BCUT2D eigenvalue weighted by molar-refractivity contribution is 4.86. The summed E-state index contributed by atoms with van der Waals surface area (Å²) in [6.45, 7) is 7.11. The number of hydrogen-bond donors (Lipinski definition) is 0. The Morgan fingerprint density at radius 1 is 1.54 bits per heavy atom. The molecule has 0 bridgehead atoms. The molecule has 0 radical (unpaired) electrons. The molecular weight excluding hydrogens is 158 g/mol. The molecule has 1 heteroatoms. The molecule has 1 nitrogen and oxygen atoms in total. The lowest BCUT2D eigenvalue weighted by Gasteiger charge is -2.35. The predicted molar refractivity (Wildman–Crippen MR) is 57.5 cm³/mol. The predicted octanol–water partition coefficient (Wildman–Crippen LogP) is 2.52. The topological polar surface area (TPSA) is 3.24 Å². The summed E-state index contributed by atoms with van der Waals surface area (Å²) < 4.78 is 0. The zero-order valence-corrected chi connectivity index (χ0v) is 8.92. The molecule has 1 fully saturated rings. The molecule has 1 aliphatic heterocycles. The van der Waals surface area contributed by atoms with Crippen molar-refractivity contribution in [2.45, 2.75) is 45.6 Å². The van der Waals surface area contributed by atoms with Crippen LogP contribution in [-0.2, 0) is 0 Å². The summed E-state index contributed by atoms with van der Waals surface area (Å²) >= 11 is 0. The van der Waals surface area contributed by atoms with Crippen molar-refractivity contribution in [2.24, 2.45) is 5.92 Å². The maximum Gasteiger partial charge on any atom is 0.00891 e. The fourth-order valence-electron chi connectivity index (χ4n) is 2.09. The van der Waals surface area contributed by atoms with Crippen molar-refractivity contribution in [3.63, 3.8) is 0 Å². The minimum absolute atomic E-state index is 0.702. The summed E-state index contributed by atoms with van der Waals surface area (Å²) in [6.07, 6.45) is 10.2. The second kappa shape index (κ2) is 5.29. The Balaban J connectivity index is 2.29. The Labute approximate surface area is 82.5 Å². The number of piperidine rings is 1. The van der Waals surface area contributed by atoms with E-state index >= 15 is 0 Å². The molecule has 0 N–H and O–H groups in total. The number of nitrogens with zero attached hydrogens (tertiary/aromatic N) is 1. The smallest absolute Gasteiger partial charge is 0.00891 e. The van der Waals surface area contributed by atoms with Gasteiger partial charge in [0, 0.05) is 19.0 Å². The van der Waals surface area contributed by atoms with Crippen molar-refractivity contribution in [1.29, 1.82) is 0 Å². The molecule has 0 saturated carbocycles. The average Bonchev–Trinajstić information content (AvgIpc) is 2.15. The zero-order valence-electron chi connectivity index (χ0n) is 8.92. The summed E-state index contributed by atoms with van der Waals surface area (Å²) in [6, 6.07) is 0.702. The van der Waals surface area contributed by atoms with Crippen LogP contribution in [0.15, 0.2) is 0 Å². The first-order chi connectivity index (χ1) is 6.24. The van der Waals surface area contributed by atoms with Crippen molar-refractivity contribution < 1.29 is 0 Å². The minimum Gasteiger partial charge on any atom is -0.301 e. The number of terminal acetylenes is 1. The Hall–Kier alpha value is -0.480. The third kappa shape index (κ3) is 3.40. The fourth-order valence-corrected chi connectivity index (χ4v) is 2.09. The van der Waals surface area contributed by atoms with E-state index in [1.54, 1.807) is 0 Å². The van der Waals surface area contributed by atoms with Gasteiger partial charge in [0.1, 0.15) is 0 Å². The van der Waals surface area contributed by atoms with Gasteiger partial charge in [-0.15, -0.1) is 12.3 Å². The Bertz CT molecular complexity index is 178. The summed E-state index contributed by atoms with van der Waals surface area (Å²) in [4.78, 5) is 2.57. The van der Waals surface area contributed by atoms with Gasteiger partial charge in [-0.3, -0.25) is 0 Å². The first-order valence-corrected chi connectivity index (χ1v) is 5.41. The maximum absolute atomic E-state index is 5.28. The second-order valence-corrected chi connectivity index (χ2v) is 4.34. The molecule has 1 rings (SSSR count). The normalized spacial score (nSPS) is 24.6. The van der Waals surface area contributed by atoms with Gasteiger partial charge >= 0.3 is 0 Å². The molecule has 1 atom stereocenters. The fraction of sp³-hybridized carbons (Fsp3) is 0.833.